The molecular weight excluding hydrogens is 330 g/mol. The predicted octanol–water partition coefficient (Wildman–Crippen LogP) is 2.57. The summed E-state index contributed by atoms with van der Waals surface area (Å²) in [4.78, 5) is 9.38. The van der Waals surface area contributed by atoms with Crippen LogP contribution in [0.3, 0.4) is 0 Å². The Morgan fingerprint density at radius 3 is 1.92 bits per heavy atom. The third-order valence-electron chi connectivity index (χ3n) is 2.73. The molecule has 0 amide bonds. The molecule has 2 aromatic rings. The number of halogens is 2. The first-order valence-corrected chi connectivity index (χ1v) is 6.24. The van der Waals surface area contributed by atoms with Crippen molar-refractivity contribution in [2.45, 2.75) is 0 Å². The maximum Gasteiger partial charge on any atom is 0.317 e. The Hall–Kier alpha value is -3.30. The largest absolute Gasteiger partial charge is 0.503 e. The van der Waals surface area contributed by atoms with Crippen molar-refractivity contribution in [3.63, 3.8) is 0 Å². The van der Waals surface area contributed by atoms with Gasteiger partial charge in [-0.2, -0.15) is 0 Å². The van der Waals surface area contributed by atoms with E-state index in [0.29, 0.717) is 6.07 Å². The van der Waals surface area contributed by atoms with Crippen molar-refractivity contribution in [3.05, 3.63) is 46.0 Å². The number of nitrogens with two attached hydrogens (primary N) is 1. The van der Waals surface area contributed by atoms with Crippen molar-refractivity contribution < 1.29 is 33.4 Å². The number of methoxy groups -OCH3 is 2. The van der Waals surface area contributed by atoms with E-state index in [-0.39, 0.29) is 22.9 Å². The monoisotopic (exact) mass is 344 g/mol. The number of phenolic OH excluding ortho intramolecular Hbond substituents is 2. The summed E-state index contributed by atoms with van der Waals surface area (Å²) in [5, 5.41) is 28.5. The van der Waals surface area contributed by atoms with Crippen LogP contribution in [0.5, 0.6) is 23.0 Å². The zero-order valence-electron chi connectivity index (χ0n) is 12.6. The van der Waals surface area contributed by atoms with Gasteiger partial charge in [-0.3, -0.25) is 10.1 Å². The molecule has 0 atom stereocenters. The van der Waals surface area contributed by atoms with Crippen LogP contribution in [0.1, 0.15) is 0 Å². The van der Waals surface area contributed by atoms with E-state index in [2.05, 4.69) is 9.47 Å². The molecule has 0 aromatic heterocycles. The molecule has 2 rings (SSSR count). The molecule has 0 radical (unpaired) electrons. The Labute approximate surface area is 134 Å². The first-order valence-electron chi connectivity index (χ1n) is 6.24. The summed E-state index contributed by atoms with van der Waals surface area (Å²) < 4.78 is 34.3. The van der Waals surface area contributed by atoms with Crippen LogP contribution < -0.4 is 15.2 Å². The Kier molecular flexibility index (Phi) is 6.10. The van der Waals surface area contributed by atoms with Gasteiger partial charge in [-0.15, -0.1) is 0 Å². The Morgan fingerprint density at radius 2 is 1.46 bits per heavy atom. The number of ether oxygens (including phenoxy) is 2. The smallest absolute Gasteiger partial charge is 0.317 e. The van der Waals surface area contributed by atoms with Gasteiger partial charge in [-0.25, -0.2) is 8.78 Å². The number of hydrogen-bond donors (Lipinski definition) is 3. The van der Waals surface area contributed by atoms with E-state index in [9.17, 15) is 18.9 Å². The fourth-order valence-electron chi connectivity index (χ4n) is 1.61. The average Bonchev–Trinajstić information content (AvgIpc) is 2.53. The van der Waals surface area contributed by atoms with Crippen LogP contribution >= 0.6 is 0 Å². The highest BCUT2D eigenvalue weighted by Crippen LogP contribution is 2.36. The molecule has 130 valence electrons. The lowest BCUT2D eigenvalue weighted by Crippen LogP contribution is -1.93. The van der Waals surface area contributed by atoms with E-state index >= 15 is 0 Å². The molecule has 0 fully saturated rings. The molecule has 0 bridgehead atoms. The van der Waals surface area contributed by atoms with Gasteiger partial charge in [0.05, 0.1) is 30.9 Å². The fourth-order valence-corrected chi connectivity index (χ4v) is 1.61. The SMILES string of the molecule is COc1cc(F)cc(N)c1O.COc1cc(F)cc([N+](=O)[O-])c1O. The second kappa shape index (κ2) is 7.81. The summed E-state index contributed by atoms with van der Waals surface area (Å²) >= 11 is 0. The summed E-state index contributed by atoms with van der Waals surface area (Å²) in [7, 11) is 2.51. The van der Waals surface area contributed by atoms with Crippen LogP contribution in [0.2, 0.25) is 0 Å². The second-order valence-corrected chi connectivity index (χ2v) is 4.28. The zero-order valence-corrected chi connectivity index (χ0v) is 12.6. The molecule has 8 nitrogen and oxygen atoms in total. The van der Waals surface area contributed by atoms with Gasteiger partial charge in [0.1, 0.15) is 11.6 Å². The highest BCUT2D eigenvalue weighted by molar-refractivity contribution is 5.59. The van der Waals surface area contributed by atoms with Gasteiger partial charge < -0.3 is 25.4 Å². The van der Waals surface area contributed by atoms with E-state index in [1.807, 2.05) is 0 Å². The number of nitrogen functional groups attached to an aromatic ring is 1. The Morgan fingerprint density at radius 1 is 1.00 bits per heavy atom. The lowest BCUT2D eigenvalue weighted by molar-refractivity contribution is -0.386. The summed E-state index contributed by atoms with van der Waals surface area (Å²) in [6.07, 6.45) is 0. The third-order valence-corrected chi connectivity index (χ3v) is 2.73. The number of rotatable bonds is 3. The van der Waals surface area contributed by atoms with E-state index < -0.39 is 28.0 Å². The second-order valence-electron chi connectivity index (χ2n) is 4.28. The molecule has 0 aliphatic carbocycles. The van der Waals surface area contributed by atoms with Gasteiger partial charge in [-0.05, 0) is 0 Å². The van der Waals surface area contributed by atoms with E-state index in [1.54, 1.807) is 0 Å². The molecular formula is C14H14F2N2O6. The molecule has 0 heterocycles. The minimum atomic E-state index is -0.888. The third kappa shape index (κ3) is 4.35. The highest BCUT2D eigenvalue weighted by atomic mass is 19.1. The van der Waals surface area contributed by atoms with Gasteiger partial charge in [0.15, 0.2) is 17.2 Å². The minimum absolute atomic E-state index is 0.0261. The van der Waals surface area contributed by atoms with Crippen LogP contribution in [-0.2, 0) is 0 Å². The summed E-state index contributed by atoms with van der Waals surface area (Å²) in [5.41, 5.74) is 4.49. The quantitative estimate of drug-likeness (QED) is 0.338. The number of nitrogens with zero attached hydrogens (tertiary/aromatic N) is 1. The normalized spacial score (nSPS) is 9.67. The highest BCUT2D eigenvalue weighted by Gasteiger charge is 2.19. The van der Waals surface area contributed by atoms with Crippen LogP contribution in [0.25, 0.3) is 0 Å². The van der Waals surface area contributed by atoms with Gasteiger partial charge in [0.2, 0.25) is 5.75 Å². The van der Waals surface area contributed by atoms with Crippen LogP contribution in [0.4, 0.5) is 20.2 Å². The molecule has 0 aliphatic rings. The van der Waals surface area contributed by atoms with Crippen molar-refractivity contribution in [1.29, 1.82) is 0 Å². The van der Waals surface area contributed by atoms with Crippen LogP contribution in [0, 0.1) is 21.7 Å². The predicted molar refractivity (Wildman–Crippen MR) is 80.3 cm³/mol. The van der Waals surface area contributed by atoms with Crippen molar-refractivity contribution in [3.8, 4) is 23.0 Å². The lowest BCUT2D eigenvalue weighted by atomic mass is 10.2. The lowest BCUT2D eigenvalue weighted by Gasteiger charge is -2.04. The number of aromatic hydroxyl groups is 2. The van der Waals surface area contributed by atoms with Crippen molar-refractivity contribution in [2.24, 2.45) is 0 Å². The number of benzene rings is 2. The summed E-state index contributed by atoms with van der Waals surface area (Å²) in [6.45, 7) is 0. The topological polar surface area (TPSA) is 128 Å². The molecule has 2 aromatic carbocycles. The van der Waals surface area contributed by atoms with Gasteiger partial charge >= 0.3 is 5.69 Å². The number of phenols is 2. The van der Waals surface area contributed by atoms with E-state index in [4.69, 9.17) is 15.9 Å². The zero-order chi connectivity index (χ0) is 18.4. The van der Waals surface area contributed by atoms with Gasteiger partial charge in [0, 0.05) is 18.2 Å². The first kappa shape index (κ1) is 18.7. The average molecular weight is 344 g/mol. The molecule has 4 N–H and O–H groups in total. The number of nitro groups is 1. The van der Waals surface area contributed by atoms with Crippen LogP contribution in [0.15, 0.2) is 24.3 Å². The van der Waals surface area contributed by atoms with Crippen molar-refractivity contribution >= 4 is 11.4 Å². The first-order chi connectivity index (χ1) is 11.2. The maximum atomic E-state index is 12.7. The summed E-state index contributed by atoms with van der Waals surface area (Å²) in [6, 6.07) is 3.57. The number of nitro benzene ring substituents is 1. The molecule has 0 spiro atoms. The fraction of sp³-hybridized carbons (Fsp3) is 0.143. The van der Waals surface area contributed by atoms with Crippen molar-refractivity contribution in [1.82, 2.24) is 0 Å². The Bertz CT molecular complexity index is 755. The van der Waals surface area contributed by atoms with E-state index in [0.717, 1.165) is 18.2 Å². The van der Waals surface area contributed by atoms with Crippen molar-refractivity contribution in [2.75, 3.05) is 20.0 Å². The maximum absolute atomic E-state index is 12.7. The van der Waals surface area contributed by atoms with Gasteiger partial charge in [-0.1, -0.05) is 0 Å². The molecule has 0 saturated heterocycles. The van der Waals surface area contributed by atoms with Gasteiger partial charge in [0.25, 0.3) is 0 Å². The van der Waals surface area contributed by atoms with Crippen LogP contribution in [-0.4, -0.2) is 29.4 Å². The number of anilines is 1. The molecule has 10 heteroatoms. The standard InChI is InChI=1S/C7H6FNO4.C7H8FNO2/c1-13-6-3-4(8)2-5(7(6)10)9(11)12;1-11-6-3-4(8)2-5(9)7(6)10/h2-3,10H,1H3;2-3,10H,9H2,1H3. The Balaban J connectivity index is 0.000000243. The molecule has 0 aliphatic heterocycles. The minimum Gasteiger partial charge on any atom is -0.503 e. The molecule has 24 heavy (non-hydrogen) atoms. The summed E-state index contributed by atoms with van der Waals surface area (Å²) in [5.74, 6) is -2.48. The van der Waals surface area contributed by atoms with E-state index in [1.165, 1.54) is 14.2 Å². The molecule has 0 unspecified atom stereocenters. The molecule has 0 saturated carbocycles. The number of hydrogen-bond acceptors (Lipinski definition) is 7.